The number of anilines is 1. The molecule has 3 rings (SSSR count). The first-order chi connectivity index (χ1) is 17.1. The fourth-order valence-corrected chi connectivity index (χ4v) is 5.95. The van der Waals surface area contributed by atoms with Crippen molar-refractivity contribution in [1.82, 2.24) is 0 Å². The summed E-state index contributed by atoms with van der Waals surface area (Å²) in [5.74, 6) is -0.330. The second-order valence-corrected chi connectivity index (χ2v) is 11.8. The molecule has 1 aliphatic rings. The summed E-state index contributed by atoms with van der Waals surface area (Å²) < 4.78 is 14.3. The van der Waals surface area contributed by atoms with E-state index >= 15 is 0 Å². The van der Waals surface area contributed by atoms with Gasteiger partial charge in [0.05, 0.1) is 6.42 Å². The molecule has 0 aromatic heterocycles. The first kappa shape index (κ1) is 28.3. The van der Waals surface area contributed by atoms with Crippen LogP contribution in [0, 0.1) is 25.1 Å². The van der Waals surface area contributed by atoms with Crippen LogP contribution in [0.4, 0.5) is 10.1 Å². The van der Waals surface area contributed by atoms with Crippen molar-refractivity contribution in [3.63, 3.8) is 0 Å². The number of rotatable bonds is 11. The lowest BCUT2D eigenvalue weighted by Gasteiger charge is -2.32. The Labute approximate surface area is 221 Å². The molecule has 0 saturated carbocycles. The van der Waals surface area contributed by atoms with Crippen molar-refractivity contribution in [1.29, 1.82) is 0 Å². The lowest BCUT2D eigenvalue weighted by atomic mass is 9.74. The highest BCUT2D eigenvalue weighted by Gasteiger charge is 2.28. The quantitative estimate of drug-likeness (QED) is 0.296. The monoisotopic (exact) mass is 511 g/mol. The van der Waals surface area contributed by atoms with Crippen molar-refractivity contribution in [2.75, 3.05) is 18.1 Å². The number of carboxylic acids is 1. The zero-order valence-electron chi connectivity index (χ0n) is 22.8. The Morgan fingerprint density at radius 3 is 2.53 bits per heavy atom. The Bertz CT molecular complexity index is 1140. The predicted molar refractivity (Wildman–Crippen MR) is 153 cm³/mol. The summed E-state index contributed by atoms with van der Waals surface area (Å²) in [6.07, 6.45) is 10.7. The molecular weight excluding hydrogens is 469 g/mol. The minimum Gasteiger partial charge on any atom is -0.481 e. The number of thioether (sulfide) groups is 1. The van der Waals surface area contributed by atoms with Crippen LogP contribution in [0.1, 0.15) is 87.1 Å². The van der Waals surface area contributed by atoms with Gasteiger partial charge in [0.2, 0.25) is 0 Å². The van der Waals surface area contributed by atoms with E-state index in [0.29, 0.717) is 5.75 Å². The molecule has 36 heavy (non-hydrogen) atoms. The summed E-state index contributed by atoms with van der Waals surface area (Å²) in [6, 6.07) is 5.09. The van der Waals surface area contributed by atoms with E-state index in [1.54, 1.807) is 23.9 Å². The van der Waals surface area contributed by atoms with Crippen molar-refractivity contribution in [2.24, 2.45) is 5.41 Å². The molecule has 0 fully saturated rings. The zero-order valence-corrected chi connectivity index (χ0v) is 23.6. The number of carbonyl (C=O) groups is 1. The van der Waals surface area contributed by atoms with Gasteiger partial charge in [-0.1, -0.05) is 45.8 Å². The zero-order chi connectivity index (χ0) is 26.5. The number of halogens is 1. The van der Waals surface area contributed by atoms with Crippen LogP contribution in [0.3, 0.4) is 0 Å². The molecule has 1 aliphatic carbocycles. The van der Waals surface area contributed by atoms with Crippen LogP contribution in [-0.4, -0.2) is 23.9 Å². The maximum absolute atomic E-state index is 14.3. The molecule has 5 heteroatoms. The average molecular weight is 512 g/mol. The van der Waals surface area contributed by atoms with Gasteiger partial charge in [-0.3, -0.25) is 4.79 Å². The van der Waals surface area contributed by atoms with Crippen molar-refractivity contribution in [3.05, 3.63) is 57.9 Å². The first-order valence-electron chi connectivity index (χ1n) is 13.2. The van der Waals surface area contributed by atoms with Gasteiger partial charge in [0, 0.05) is 23.5 Å². The normalized spacial score (nSPS) is 15.0. The van der Waals surface area contributed by atoms with Gasteiger partial charge >= 0.3 is 5.97 Å². The Hall–Kier alpha value is -2.27. The van der Waals surface area contributed by atoms with Gasteiger partial charge in [0.25, 0.3) is 0 Å². The van der Waals surface area contributed by atoms with Crippen LogP contribution < -0.4 is 5.32 Å². The second kappa shape index (κ2) is 12.3. The largest absolute Gasteiger partial charge is 0.481 e. The molecular formula is C31H42FNO2S. The van der Waals surface area contributed by atoms with Crippen LogP contribution in [-0.2, 0) is 17.0 Å². The molecule has 196 valence electrons. The average Bonchev–Trinajstić information content (AvgIpc) is 2.81. The van der Waals surface area contributed by atoms with Crippen LogP contribution >= 0.6 is 11.8 Å². The van der Waals surface area contributed by atoms with Crippen LogP contribution in [0.15, 0.2) is 24.3 Å². The molecule has 2 aromatic carbocycles. The third-order valence-electron chi connectivity index (χ3n) is 7.47. The number of hydrogen-bond acceptors (Lipinski definition) is 3. The van der Waals surface area contributed by atoms with Gasteiger partial charge in [-0.2, -0.15) is 11.8 Å². The molecule has 2 N–H and O–H groups in total. The summed E-state index contributed by atoms with van der Waals surface area (Å²) in [5, 5.41) is 13.6. The first-order valence-corrected chi connectivity index (χ1v) is 14.6. The molecule has 2 aromatic rings. The number of unbranched alkanes of at least 4 members (excludes halogenated alkanes) is 2. The Morgan fingerprint density at radius 2 is 1.92 bits per heavy atom. The van der Waals surface area contributed by atoms with E-state index in [2.05, 4.69) is 46.0 Å². The van der Waals surface area contributed by atoms with Crippen LogP contribution in [0.25, 0.3) is 16.7 Å². The summed E-state index contributed by atoms with van der Waals surface area (Å²) in [6.45, 7) is 11.8. The molecule has 0 atom stereocenters. The van der Waals surface area contributed by atoms with Crippen molar-refractivity contribution >= 4 is 29.0 Å². The van der Waals surface area contributed by atoms with E-state index < -0.39 is 5.97 Å². The van der Waals surface area contributed by atoms with E-state index in [9.17, 15) is 14.3 Å². The number of hydrogen-bond donors (Lipinski definition) is 2. The number of aliphatic carboxylic acids is 1. The van der Waals surface area contributed by atoms with Gasteiger partial charge in [0.1, 0.15) is 5.82 Å². The molecule has 0 amide bonds. The minimum absolute atomic E-state index is 0.00620. The van der Waals surface area contributed by atoms with Gasteiger partial charge in [0.15, 0.2) is 0 Å². The predicted octanol–water partition coefficient (Wildman–Crippen LogP) is 8.80. The van der Waals surface area contributed by atoms with E-state index in [1.807, 2.05) is 12.3 Å². The smallest absolute Gasteiger partial charge is 0.307 e. The maximum atomic E-state index is 14.3. The molecule has 0 heterocycles. The Morgan fingerprint density at radius 1 is 1.17 bits per heavy atom. The van der Waals surface area contributed by atoms with Crippen molar-refractivity contribution < 1.29 is 14.3 Å². The Kier molecular flexibility index (Phi) is 9.68. The van der Waals surface area contributed by atoms with Gasteiger partial charge in [-0.25, -0.2) is 4.39 Å². The summed E-state index contributed by atoms with van der Waals surface area (Å²) in [7, 11) is 0. The maximum Gasteiger partial charge on any atom is 0.307 e. The standard InChI is InChI=1S/C31H42FNO2S/c1-7-8-9-16-33-30-20(2)26(18-27(34)35)28(22-12-14-31(4,5)15-13-22)21(3)29(30)25-11-10-24(32)17-23(25)19-36-6/h10-12,17,33H,7-9,13-16,18-19H2,1-6H3,(H,34,35). The van der Waals surface area contributed by atoms with E-state index in [0.717, 1.165) is 89.7 Å². The second-order valence-electron chi connectivity index (χ2n) is 10.9. The number of nitrogens with one attached hydrogen (secondary N) is 1. The minimum atomic E-state index is -0.815. The van der Waals surface area contributed by atoms with Crippen LogP contribution in [0.2, 0.25) is 0 Å². The molecule has 0 radical (unpaired) electrons. The summed E-state index contributed by atoms with van der Waals surface area (Å²) in [4.78, 5) is 12.0. The van der Waals surface area contributed by atoms with Gasteiger partial charge in [-0.05, 0) is 102 Å². The van der Waals surface area contributed by atoms with E-state index in [-0.39, 0.29) is 17.7 Å². The topological polar surface area (TPSA) is 49.3 Å². The van der Waals surface area contributed by atoms with Gasteiger partial charge < -0.3 is 10.4 Å². The fraction of sp³-hybridized carbons (Fsp3) is 0.516. The molecule has 0 bridgehead atoms. The number of benzene rings is 2. The molecule has 0 unspecified atom stereocenters. The molecule has 0 spiro atoms. The van der Waals surface area contributed by atoms with Crippen molar-refractivity contribution in [2.45, 2.75) is 85.3 Å². The number of carboxylic acid groups (broad SMARTS) is 1. The lowest BCUT2D eigenvalue weighted by molar-refractivity contribution is -0.136. The lowest BCUT2D eigenvalue weighted by Crippen LogP contribution is -2.17. The SMILES string of the molecule is CCCCCNc1c(C)c(CC(=O)O)c(C2=CCC(C)(C)CC2)c(C)c1-c1ccc(F)cc1CSC. The van der Waals surface area contributed by atoms with E-state index in [4.69, 9.17) is 0 Å². The third-order valence-corrected chi connectivity index (χ3v) is 8.07. The molecule has 0 aliphatic heterocycles. The highest BCUT2D eigenvalue weighted by Crippen LogP contribution is 2.46. The van der Waals surface area contributed by atoms with Gasteiger partial charge in [-0.15, -0.1) is 0 Å². The van der Waals surface area contributed by atoms with Crippen molar-refractivity contribution in [3.8, 4) is 11.1 Å². The highest BCUT2D eigenvalue weighted by atomic mass is 32.2. The summed E-state index contributed by atoms with van der Waals surface area (Å²) >= 11 is 1.68. The van der Waals surface area contributed by atoms with E-state index in [1.165, 1.54) is 5.57 Å². The fourth-order valence-electron chi connectivity index (χ4n) is 5.40. The van der Waals surface area contributed by atoms with Crippen LogP contribution in [0.5, 0.6) is 0 Å². The third kappa shape index (κ3) is 6.53. The molecule has 0 saturated heterocycles. The molecule has 3 nitrogen and oxygen atoms in total. The highest BCUT2D eigenvalue weighted by molar-refractivity contribution is 7.97. The Balaban J connectivity index is 2.32. The summed E-state index contributed by atoms with van der Waals surface area (Å²) in [5.41, 5.74) is 9.66. The number of allylic oxidation sites excluding steroid dienone is 2.